The first-order valence-corrected chi connectivity index (χ1v) is 6.84. The first kappa shape index (κ1) is 17.2. The van der Waals surface area contributed by atoms with Gasteiger partial charge in [0, 0.05) is 18.1 Å². The van der Waals surface area contributed by atoms with Crippen LogP contribution in [0.2, 0.25) is 5.02 Å². The van der Waals surface area contributed by atoms with Crippen LogP contribution in [-0.4, -0.2) is 43.5 Å². The largest absolute Gasteiger partial charge is 0.468 e. The van der Waals surface area contributed by atoms with Crippen molar-refractivity contribution in [3.8, 4) is 0 Å². The Hall–Kier alpha value is -1.85. The molecular weight excluding hydrogens is 292 g/mol. The van der Waals surface area contributed by atoms with Crippen LogP contribution >= 0.6 is 11.6 Å². The quantitative estimate of drug-likeness (QED) is 0.585. The van der Waals surface area contributed by atoms with Crippen molar-refractivity contribution in [3.05, 3.63) is 47.5 Å². The molecule has 0 saturated carbocycles. The predicted molar refractivity (Wildman–Crippen MR) is 82.0 cm³/mol. The summed E-state index contributed by atoms with van der Waals surface area (Å²) in [4.78, 5) is 24.9. The molecule has 0 heterocycles. The fourth-order valence-electron chi connectivity index (χ4n) is 1.73. The summed E-state index contributed by atoms with van der Waals surface area (Å²) >= 11 is 6.10. The Bertz CT molecular complexity index is 505. The second kappa shape index (κ2) is 9.15. The lowest BCUT2D eigenvalue weighted by molar-refractivity contribution is -0.142. The molecule has 0 aliphatic heterocycles. The third-order valence-corrected chi connectivity index (χ3v) is 3.11. The molecule has 1 N–H and O–H groups in total. The summed E-state index contributed by atoms with van der Waals surface area (Å²) in [5, 5.41) is 3.27. The van der Waals surface area contributed by atoms with Crippen molar-refractivity contribution >= 4 is 23.5 Å². The number of carbonyl (C=O) groups excluding carboxylic acids is 2. The van der Waals surface area contributed by atoms with Gasteiger partial charge in [-0.15, -0.1) is 6.58 Å². The fraction of sp³-hybridized carbons (Fsp3) is 0.333. The molecule has 114 valence electrons. The average molecular weight is 311 g/mol. The summed E-state index contributed by atoms with van der Waals surface area (Å²) in [6.07, 6.45) is 1.59. The highest BCUT2D eigenvalue weighted by Crippen LogP contribution is 2.16. The second-order valence-corrected chi connectivity index (χ2v) is 4.81. The third-order valence-electron chi connectivity index (χ3n) is 2.74. The SMILES string of the molecule is C=CCNC(=O)CN(CC(=O)OC)Cc1ccccc1Cl. The predicted octanol–water partition coefficient (Wildman–Crippen LogP) is 1.62. The van der Waals surface area contributed by atoms with E-state index in [0.717, 1.165) is 5.56 Å². The molecule has 1 amide bonds. The van der Waals surface area contributed by atoms with E-state index in [9.17, 15) is 9.59 Å². The topological polar surface area (TPSA) is 58.6 Å². The molecule has 1 aromatic carbocycles. The van der Waals surface area contributed by atoms with Gasteiger partial charge >= 0.3 is 5.97 Å². The Morgan fingerprint density at radius 2 is 2.10 bits per heavy atom. The molecule has 0 aliphatic rings. The van der Waals surface area contributed by atoms with E-state index in [1.807, 2.05) is 18.2 Å². The minimum Gasteiger partial charge on any atom is -0.468 e. The minimum absolute atomic E-state index is 0.0171. The fourth-order valence-corrected chi connectivity index (χ4v) is 1.92. The molecule has 0 bridgehead atoms. The van der Waals surface area contributed by atoms with E-state index in [2.05, 4.69) is 16.6 Å². The highest BCUT2D eigenvalue weighted by Gasteiger charge is 2.16. The molecule has 0 saturated heterocycles. The molecular formula is C15H19ClN2O3. The van der Waals surface area contributed by atoms with Crippen molar-refractivity contribution in [2.45, 2.75) is 6.54 Å². The van der Waals surface area contributed by atoms with Gasteiger partial charge in [0.15, 0.2) is 0 Å². The number of nitrogens with one attached hydrogen (secondary N) is 1. The van der Waals surface area contributed by atoms with Gasteiger partial charge in [-0.2, -0.15) is 0 Å². The smallest absolute Gasteiger partial charge is 0.319 e. The maximum absolute atomic E-state index is 11.8. The molecule has 1 aromatic rings. The highest BCUT2D eigenvalue weighted by molar-refractivity contribution is 6.31. The number of hydrogen-bond acceptors (Lipinski definition) is 4. The number of amides is 1. The van der Waals surface area contributed by atoms with E-state index < -0.39 is 5.97 Å². The van der Waals surface area contributed by atoms with Gasteiger partial charge in [0.05, 0.1) is 20.2 Å². The standard InChI is InChI=1S/C15H19ClN2O3/c1-3-8-17-14(19)10-18(11-15(20)21-2)9-12-6-4-5-7-13(12)16/h3-7H,1,8-11H2,2H3,(H,17,19). The van der Waals surface area contributed by atoms with Gasteiger partial charge in [-0.3, -0.25) is 14.5 Å². The summed E-state index contributed by atoms with van der Waals surface area (Å²) < 4.78 is 4.65. The highest BCUT2D eigenvalue weighted by atomic mass is 35.5. The minimum atomic E-state index is -0.404. The molecule has 0 spiro atoms. The van der Waals surface area contributed by atoms with Crippen molar-refractivity contribution in [1.82, 2.24) is 10.2 Å². The number of hydrogen-bond donors (Lipinski definition) is 1. The Labute approximate surface area is 129 Å². The number of carbonyl (C=O) groups is 2. The maximum Gasteiger partial charge on any atom is 0.319 e. The van der Waals surface area contributed by atoms with Crippen LogP contribution in [0.15, 0.2) is 36.9 Å². The Morgan fingerprint density at radius 1 is 1.38 bits per heavy atom. The number of esters is 1. The van der Waals surface area contributed by atoms with Crippen molar-refractivity contribution in [2.75, 3.05) is 26.7 Å². The molecule has 5 nitrogen and oxygen atoms in total. The van der Waals surface area contributed by atoms with Gasteiger partial charge < -0.3 is 10.1 Å². The van der Waals surface area contributed by atoms with Crippen LogP contribution in [0.3, 0.4) is 0 Å². The first-order chi connectivity index (χ1) is 10.1. The molecule has 0 fully saturated rings. The third kappa shape index (κ3) is 6.42. The van der Waals surface area contributed by atoms with E-state index >= 15 is 0 Å². The molecule has 21 heavy (non-hydrogen) atoms. The van der Waals surface area contributed by atoms with Crippen LogP contribution in [0.1, 0.15) is 5.56 Å². The lowest BCUT2D eigenvalue weighted by Gasteiger charge is -2.21. The summed E-state index contributed by atoms with van der Waals surface area (Å²) in [6.45, 7) is 4.40. The molecule has 0 aromatic heterocycles. The molecule has 0 unspecified atom stereocenters. The van der Waals surface area contributed by atoms with Crippen LogP contribution in [0.25, 0.3) is 0 Å². The van der Waals surface area contributed by atoms with Crippen molar-refractivity contribution in [1.29, 1.82) is 0 Å². The molecule has 0 atom stereocenters. The van der Waals surface area contributed by atoms with Gasteiger partial charge in [-0.05, 0) is 11.6 Å². The molecule has 0 aliphatic carbocycles. The van der Waals surface area contributed by atoms with Crippen molar-refractivity contribution < 1.29 is 14.3 Å². The van der Waals surface area contributed by atoms with Crippen LogP contribution in [-0.2, 0) is 20.9 Å². The monoisotopic (exact) mass is 310 g/mol. The normalized spacial score (nSPS) is 10.2. The number of rotatable bonds is 8. The van der Waals surface area contributed by atoms with Gasteiger partial charge in [0.2, 0.25) is 5.91 Å². The van der Waals surface area contributed by atoms with Gasteiger partial charge in [-0.1, -0.05) is 35.9 Å². The van der Waals surface area contributed by atoms with E-state index in [1.54, 1.807) is 17.0 Å². The van der Waals surface area contributed by atoms with E-state index in [4.69, 9.17) is 11.6 Å². The van der Waals surface area contributed by atoms with Crippen LogP contribution in [0.5, 0.6) is 0 Å². The van der Waals surface area contributed by atoms with E-state index in [1.165, 1.54) is 7.11 Å². The van der Waals surface area contributed by atoms with Gasteiger partial charge in [0.25, 0.3) is 0 Å². The number of methoxy groups -OCH3 is 1. The zero-order chi connectivity index (χ0) is 15.7. The number of benzene rings is 1. The van der Waals surface area contributed by atoms with Gasteiger partial charge in [-0.25, -0.2) is 0 Å². The number of nitrogens with zero attached hydrogens (tertiary/aromatic N) is 1. The molecule has 0 radical (unpaired) electrons. The Balaban J connectivity index is 2.72. The van der Waals surface area contributed by atoms with Crippen molar-refractivity contribution in [2.24, 2.45) is 0 Å². The number of ether oxygens (including phenoxy) is 1. The summed E-state index contributed by atoms with van der Waals surface area (Å²) in [5.74, 6) is -0.593. The van der Waals surface area contributed by atoms with Crippen molar-refractivity contribution in [3.63, 3.8) is 0 Å². The van der Waals surface area contributed by atoms with Crippen LogP contribution in [0, 0.1) is 0 Å². The summed E-state index contributed by atoms with van der Waals surface area (Å²) in [5.41, 5.74) is 0.847. The average Bonchev–Trinajstić information content (AvgIpc) is 2.47. The Kier molecular flexibility index (Phi) is 7.50. The Morgan fingerprint density at radius 3 is 2.71 bits per heavy atom. The maximum atomic E-state index is 11.8. The summed E-state index contributed by atoms with van der Waals surface area (Å²) in [7, 11) is 1.31. The molecule has 1 rings (SSSR count). The second-order valence-electron chi connectivity index (χ2n) is 4.41. The zero-order valence-electron chi connectivity index (χ0n) is 12.0. The zero-order valence-corrected chi connectivity index (χ0v) is 12.7. The summed E-state index contributed by atoms with van der Waals surface area (Å²) in [6, 6.07) is 7.31. The van der Waals surface area contributed by atoms with E-state index in [0.29, 0.717) is 18.1 Å². The number of halogens is 1. The van der Waals surface area contributed by atoms with Crippen LogP contribution < -0.4 is 5.32 Å². The van der Waals surface area contributed by atoms with Gasteiger partial charge in [0.1, 0.15) is 0 Å². The lowest BCUT2D eigenvalue weighted by atomic mass is 10.2. The lowest BCUT2D eigenvalue weighted by Crippen LogP contribution is -2.39. The van der Waals surface area contributed by atoms with E-state index in [-0.39, 0.29) is 19.0 Å². The first-order valence-electron chi connectivity index (χ1n) is 6.47. The molecule has 6 heteroatoms. The van der Waals surface area contributed by atoms with Crippen LogP contribution in [0.4, 0.5) is 0 Å².